The Morgan fingerprint density at radius 3 is 2.68 bits per heavy atom. The lowest BCUT2D eigenvalue weighted by Crippen LogP contribution is -2.40. The quantitative estimate of drug-likeness (QED) is 0.591. The molecule has 2 bridgehead atoms. The van der Waals surface area contributed by atoms with E-state index in [1.807, 2.05) is 0 Å². The van der Waals surface area contributed by atoms with Crippen molar-refractivity contribution in [3.8, 4) is 11.1 Å². The summed E-state index contributed by atoms with van der Waals surface area (Å²) in [5.41, 5.74) is 8.84. The van der Waals surface area contributed by atoms with Gasteiger partial charge in [-0.2, -0.15) is 0 Å². The maximum Gasteiger partial charge on any atom is 0.0498 e. The molecule has 1 saturated carbocycles. The normalized spacial score (nSPS) is 27.5. The molecule has 178 valence electrons. The maximum absolute atomic E-state index is 4.34. The molecule has 2 aromatic carbocycles. The van der Waals surface area contributed by atoms with Crippen molar-refractivity contribution in [1.82, 2.24) is 15.5 Å². The van der Waals surface area contributed by atoms with Crippen LogP contribution in [0.5, 0.6) is 0 Å². The molecule has 3 fully saturated rings. The highest BCUT2D eigenvalue weighted by atomic mass is 31.1. The van der Waals surface area contributed by atoms with Gasteiger partial charge in [-0.25, -0.2) is 0 Å². The van der Waals surface area contributed by atoms with Crippen LogP contribution in [0.4, 0.5) is 0 Å². The highest BCUT2D eigenvalue weighted by Gasteiger charge is 2.41. The van der Waals surface area contributed by atoms with Gasteiger partial charge in [0.05, 0.1) is 0 Å². The fraction of sp³-hybridized carbons (Fsp3) is 0.500. The average molecular weight is 472 g/mol. The molecule has 1 spiro atoms. The van der Waals surface area contributed by atoms with Crippen LogP contribution in [0.1, 0.15) is 55.2 Å². The molecule has 3 unspecified atom stereocenters. The summed E-state index contributed by atoms with van der Waals surface area (Å²) in [6, 6.07) is 15.4. The fourth-order valence-electron chi connectivity index (χ4n) is 6.99. The molecule has 2 saturated heterocycles. The topological polar surface area (TPSA) is 27.3 Å². The van der Waals surface area contributed by atoms with Gasteiger partial charge in [-0.15, -0.1) is 0 Å². The molecule has 6 rings (SSSR count). The van der Waals surface area contributed by atoms with Crippen molar-refractivity contribution >= 4 is 19.4 Å². The first-order chi connectivity index (χ1) is 16.5. The number of piperidine rings is 2. The molecule has 2 aromatic rings. The molecular formula is C30H38N3P. The number of aryl methyl sites for hydroxylation is 2. The maximum atomic E-state index is 4.34. The van der Waals surface area contributed by atoms with Gasteiger partial charge in [0.15, 0.2) is 0 Å². The Labute approximate surface area is 206 Å². The lowest BCUT2D eigenvalue weighted by molar-refractivity contribution is 0.187. The second-order valence-corrected chi connectivity index (χ2v) is 12.3. The summed E-state index contributed by atoms with van der Waals surface area (Å²) in [4.78, 5) is 2.49. The number of benzene rings is 2. The van der Waals surface area contributed by atoms with Crippen molar-refractivity contribution in [2.75, 3.05) is 20.1 Å². The van der Waals surface area contributed by atoms with Crippen LogP contribution >= 0.6 is 8.20 Å². The van der Waals surface area contributed by atoms with E-state index in [2.05, 4.69) is 78.4 Å². The minimum Gasteiger partial charge on any atom is -0.360 e. The third kappa shape index (κ3) is 4.06. The summed E-state index contributed by atoms with van der Waals surface area (Å²) in [6.07, 6.45) is 9.20. The van der Waals surface area contributed by atoms with Crippen LogP contribution in [0.15, 0.2) is 48.7 Å². The van der Waals surface area contributed by atoms with E-state index in [1.54, 1.807) is 11.1 Å². The van der Waals surface area contributed by atoms with Gasteiger partial charge in [-0.3, -0.25) is 0 Å². The van der Waals surface area contributed by atoms with Gasteiger partial charge >= 0.3 is 0 Å². The minimum absolute atomic E-state index is 0.412. The predicted molar refractivity (Wildman–Crippen MR) is 146 cm³/mol. The summed E-state index contributed by atoms with van der Waals surface area (Å²) < 4.78 is 0. The molecule has 2 aliphatic heterocycles. The van der Waals surface area contributed by atoms with Crippen molar-refractivity contribution in [2.24, 2.45) is 5.92 Å². The molecule has 3 atom stereocenters. The van der Waals surface area contributed by atoms with Gasteiger partial charge in [0.25, 0.3) is 0 Å². The molecule has 0 aromatic heterocycles. The summed E-state index contributed by atoms with van der Waals surface area (Å²) in [5, 5.41) is 8.63. The van der Waals surface area contributed by atoms with Gasteiger partial charge in [0.2, 0.25) is 0 Å². The molecular weight excluding hydrogens is 433 g/mol. The van der Waals surface area contributed by atoms with Gasteiger partial charge in [0, 0.05) is 29.0 Å². The SMILES string of the molecule is C=C(N/C=P/c1cc(-c2ccc3c(c2)C2(CC3)CCN(C)CC2)ccc1C)C1NC2CCC1C2. The lowest BCUT2D eigenvalue weighted by atomic mass is 9.73. The predicted octanol–water partition coefficient (Wildman–Crippen LogP) is 5.15. The molecule has 3 nitrogen and oxygen atoms in total. The Morgan fingerprint density at radius 1 is 1.12 bits per heavy atom. The van der Waals surface area contributed by atoms with Gasteiger partial charge in [-0.05, 0) is 117 Å². The summed E-state index contributed by atoms with van der Waals surface area (Å²) in [5.74, 6) is 2.95. The van der Waals surface area contributed by atoms with Gasteiger partial charge in [-0.1, -0.05) is 45.1 Å². The second-order valence-electron chi connectivity index (χ2n) is 11.3. The minimum atomic E-state index is 0.412. The van der Waals surface area contributed by atoms with E-state index < -0.39 is 0 Å². The zero-order valence-corrected chi connectivity index (χ0v) is 21.6. The summed E-state index contributed by atoms with van der Waals surface area (Å²) >= 11 is 0. The number of nitrogens with zero attached hydrogens (tertiary/aromatic N) is 1. The first-order valence-electron chi connectivity index (χ1n) is 13.2. The number of nitrogens with one attached hydrogen (secondary N) is 2. The highest BCUT2D eigenvalue weighted by molar-refractivity contribution is 7.47. The Morgan fingerprint density at radius 2 is 1.91 bits per heavy atom. The molecule has 0 amide bonds. The Bertz CT molecular complexity index is 1130. The van der Waals surface area contributed by atoms with E-state index in [1.165, 1.54) is 88.2 Å². The number of rotatable bonds is 5. The Kier molecular flexibility index (Phi) is 5.92. The third-order valence-corrected chi connectivity index (χ3v) is 10.2. The van der Waals surface area contributed by atoms with Crippen LogP contribution in [-0.4, -0.2) is 43.0 Å². The molecule has 4 heteroatoms. The average Bonchev–Trinajstić information content (AvgIpc) is 3.57. The lowest BCUT2D eigenvalue weighted by Gasteiger charge is -2.39. The van der Waals surface area contributed by atoms with Crippen molar-refractivity contribution in [1.29, 1.82) is 0 Å². The Hall–Kier alpha value is -1.93. The smallest absolute Gasteiger partial charge is 0.0498 e. The number of likely N-dealkylation sites (tertiary alicyclic amines) is 1. The Balaban J connectivity index is 1.20. The van der Waals surface area contributed by atoms with Crippen LogP contribution in [0.25, 0.3) is 11.1 Å². The van der Waals surface area contributed by atoms with Crippen LogP contribution in [-0.2, 0) is 11.8 Å². The van der Waals surface area contributed by atoms with E-state index in [0.29, 0.717) is 17.5 Å². The van der Waals surface area contributed by atoms with E-state index >= 15 is 0 Å². The summed E-state index contributed by atoms with van der Waals surface area (Å²) in [7, 11) is 3.47. The van der Waals surface area contributed by atoms with Crippen molar-refractivity contribution in [2.45, 2.75) is 69.4 Å². The number of hydrogen-bond donors (Lipinski definition) is 2. The van der Waals surface area contributed by atoms with E-state index in [4.69, 9.17) is 0 Å². The molecule has 2 aliphatic carbocycles. The molecule has 2 N–H and O–H groups in total. The molecule has 2 heterocycles. The largest absolute Gasteiger partial charge is 0.360 e. The van der Waals surface area contributed by atoms with E-state index in [9.17, 15) is 0 Å². The molecule has 4 aliphatic rings. The standard InChI is InChI=1S/C30H38N3P/c1-20-4-5-24(18-28(20)34-19-31-21(2)29-25-8-9-26(16-25)32-29)23-7-6-22-10-11-30(27(22)17-23)12-14-33(3)15-13-30/h4-7,17-19,25-26,29,31-32H,2,8-16H2,1,3H3. The van der Waals surface area contributed by atoms with Crippen LogP contribution in [0, 0.1) is 12.8 Å². The number of fused-ring (bicyclic) bond motifs is 4. The second kappa shape index (κ2) is 8.94. The summed E-state index contributed by atoms with van der Waals surface area (Å²) in [6.45, 7) is 9.02. The molecule has 0 radical (unpaired) electrons. The first-order valence-corrected chi connectivity index (χ1v) is 14.1. The van der Waals surface area contributed by atoms with Crippen molar-refractivity contribution in [3.05, 3.63) is 65.4 Å². The molecule has 34 heavy (non-hydrogen) atoms. The fourth-order valence-corrected chi connectivity index (χ4v) is 7.85. The van der Waals surface area contributed by atoms with Crippen molar-refractivity contribution < 1.29 is 0 Å². The van der Waals surface area contributed by atoms with Crippen molar-refractivity contribution in [3.63, 3.8) is 0 Å². The zero-order valence-electron chi connectivity index (χ0n) is 20.7. The van der Waals surface area contributed by atoms with Gasteiger partial charge in [0.1, 0.15) is 0 Å². The van der Waals surface area contributed by atoms with Crippen LogP contribution < -0.4 is 15.9 Å². The highest BCUT2D eigenvalue weighted by Crippen LogP contribution is 2.47. The monoisotopic (exact) mass is 471 g/mol. The van der Waals surface area contributed by atoms with Gasteiger partial charge < -0.3 is 15.5 Å². The van der Waals surface area contributed by atoms with E-state index in [0.717, 1.165) is 11.6 Å². The third-order valence-electron chi connectivity index (χ3n) is 9.23. The number of hydrogen-bond acceptors (Lipinski definition) is 2. The van der Waals surface area contributed by atoms with Crippen LogP contribution in [0.3, 0.4) is 0 Å². The first kappa shape index (κ1) is 22.5. The zero-order chi connectivity index (χ0) is 23.3. The van der Waals surface area contributed by atoms with E-state index in [-0.39, 0.29) is 0 Å². The van der Waals surface area contributed by atoms with Crippen LogP contribution in [0.2, 0.25) is 0 Å².